The Morgan fingerprint density at radius 1 is 1.19 bits per heavy atom. The molecule has 0 aromatic heterocycles. The molecule has 0 radical (unpaired) electrons. The first-order valence-electron chi connectivity index (χ1n) is 11.0. The van der Waals surface area contributed by atoms with Crippen molar-refractivity contribution < 1.29 is 23.8 Å². The maximum Gasteiger partial charge on any atom is 0.323 e. The fourth-order valence-electron chi connectivity index (χ4n) is 4.50. The second kappa shape index (κ2) is 9.79. The number of hydrogen-bond donors (Lipinski definition) is 1. The Hall–Kier alpha value is -2.44. The molecule has 1 N–H and O–H groups in total. The van der Waals surface area contributed by atoms with Gasteiger partial charge in [-0.1, -0.05) is 37.1 Å². The second-order valence-electron chi connectivity index (χ2n) is 8.71. The van der Waals surface area contributed by atoms with Gasteiger partial charge in [0, 0.05) is 31.5 Å². The molecule has 4 rings (SSSR count). The highest BCUT2D eigenvalue weighted by atomic mass is 19.1. The Labute approximate surface area is 182 Å². The Morgan fingerprint density at radius 3 is 2.61 bits per heavy atom. The van der Waals surface area contributed by atoms with E-state index in [-0.39, 0.29) is 42.9 Å². The molecule has 0 bridgehead atoms. The van der Waals surface area contributed by atoms with Crippen LogP contribution in [-0.4, -0.2) is 48.8 Å². The van der Waals surface area contributed by atoms with Crippen LogP contribution in [0.5, 0.6) is 5.75 Å². The third-order valence-corrected chi connectivity index (χ3v) is 6.49. The van der Waals surface area contributed by atoms with Crippen LogP contribution in [-0.2, 0) is 16.1 Å². The van der Waals surface area contributed by atoms with Crippen LogP contribution in [0, 0.1) is 17.7 Å². The SMILES string of the molecule is COc1ccc(COC(=O)[C@@H](CC2CC2)N2C[C@H](CO)[C@@H](c3cccc(F)c3)C2)cc1. The molecule has 2 aromatic rings. The van der Waals surface area contributed by atoms with Crippen LogP contribution >= 0.6 is 0 Å². The van der Waals surface area contributed by atoms with E-state index in [1.54, 1.807) is 13.2 Å². The molecule has 1 saturated carbocycles. The number of aliphatic hydroxyl groups is 1. The minimum Gasteiger partial charge on any atom is -0.497 e. The van der Waals surface area contributed by atoms with Gasteiger partial charge in [-0.25, -0.2) is 4.39 Å². The molecule has 0 unspecified atom stereocenters. The molecule has 1 aliphatic carbocycles. The lowest BCUT2D eigenvalue weighted by atomic mass is 9.89. The van der Waals surface area contributed by atoms with E-state index in [9.17, 15) is 14.3 Å². The molecule has 1 heterocycles. The second-order valence-corrected chi connectivity index (χ2v) is 8.71. The Bertz CT molecular complexity index is 883. The molecule has 5 nitrogen and oxygen atoms in total. The zero-order valence-electron chi connectivity index (χ0n) is 17.9. The summed E-state index contributed by atoms with van der Waals surface area (Å²) in [5, 5.41) is 9.95. The largest absolute Gasteiger partial charge is 0.497 e. The van der Waals surface area contributed by atoms with Gasteiger partial charge in [-0.05, 0) is 47.7 Å². The topological polar surface area (TPSA) is 59.0 Å². The van der Waals surface area contributed by atoms with E-state index < -0.39 is 0 Å². The smallest absolute Gasteiger partial charge is 0.323 e. The number of methoxy groups -OCH3 is 1. The van der Waals surface area contributed by atoms with Gasteiger partial charge in [-0.15, -0.1) is 0 Å². The van der Waals surface area contributed by atoms with Crippen molar-refractivity contribution in [2.24, 2.45) is 11.8 Å². The van der Waals surface area contributed by atoms with E-state index in [1.165, 1.54) is 12.1 Å². The number of nitrogens with zero attached hydrogens (tertiary/aromatic N) is 1. The minimum absolute atomic E-state index is 0.00297. The number of carbonyl (C=O) groups excluding carboxylic acids is 1. The van der Waals surface area contributed by atoms with E-state index in [0.717, 1.165) is 36.1 Å². The molecule has 2 fully saturated rings. The van der Waals surface area contributed by atoms with Gasteiger partial charge < -0.3 is 14.6 Å². The van der Waals surface area contributed by atoms with Gasteiger partial charge in [0.1, 0.15) is 24.2 Å². The molecule has 2 aromatic carbocycles. The van der Waals surface area contributed by atoms with Gasteiger partial charge in [0.2, 0.25) is 0 Å². The summed E-state index contributed by atoms with van der Waals surface area (Å²) in [4.78, 5) is 15.2. The Balaban J connectivity index is 1.44. The van der Waals surface area contributed by atoms with Crippen molar-refractivity contribution in [2.45, 2.75) is 37.8 Å². The van der Waals surface area contributed by atoms with Crippen molar-refractivity contribution in [3.63, 3.8) is 0 Å². The van der Waals surface area contributed by atoms with Crippen LogP contribution in [0.2, 0.25) is 0 Å². The van der Waals surface area contributed by atoms with Crippen molar-refractivity contribution in [1.29, 1.82) is 0 Å². The molecule has 166 valence electrons. The average molecular weight is 428 g/mol. The van der Waals surface area contributed by atoms with E-state index in [1.807, 2.05) is 30.3 Å². The van der Waals surface area contributed by atoms with Crippen LogP contribution in [0.15, 0.2) is 48.5 Å². The van der Waals surface area contributed by atoms with Crippen molar-refractivity contribution in [3.05, 3.63) is 65.5 Å². The number of halogens is 1. The van der Waals surface area contributed by atoms with E-state index in [4.69, 9.17) is 9.47 Å². The maximum atomic E-state index is 13.8. The predicted octanol–water partition coefficient (Wildman–Crippen LogP) is 3.75. The quantitative estimate of drug-likeness (QED) is 0.618. The maximum absolute atomic E-state index is 13.8. The number of esters is 1. The van der Waals surface area contributed by atoms with E-state index in [0.29, 0.717) is 19.0 Å². The van der Waals surface area contributed by atoms with Crippen molar-refractivity contribution in [3.8, 4) is 5.75 Å². The van der Waals surface area contributed by atoms with Gasteiger partial charge in [0.05, 0.1) is 7.11 Å². The van der Waals surface area contributed by atoms with Crippen LogP contribution < -0.4 is 4.74 Å². The predicted molar refractivity (Wildman–Crippen MR) is 115 cm³/mol. The van der Waals surface area contributed by atoms with E-state index in [2.05, 4.69) is 4.90 Å². The Morgan fingerprint density at radius 2 is 1.97 bits per heavy atom. The summed E-state index contributed by atoms with van der Waals surface area (Å²) in [5.41, 5.74) is 1.78. The van der Waals surface area contributed by atoms with Crippen LogP contribution in [0.25, 0.3) is 0 Å². The fourth-order valence-corrected chi connectivity index (χ4v) is 4.50. The number of hydrogen-bond acceptors (Lipinski definition) is 5. The summed E-state index contributed by atoms with van der Waals surface area (Å²) in [7, 11) is 1.62. The molecule has 31 heavy (non-hydrogen) atoms. The molecule has 2 aliphatic rings. The van der Waals surface area contributed by atoms with Gasteiger partial charge in [-0.3, -0.25) is 9.69 Å². The summed E-state index contributed by atoms with van der Waals surface area (Å²) in [6.07, 6.45) is 3.06. The van der Waals surface area contributed by atoms with E-state index >= 15 is 0 Å². The third kappa shape index (κ3) is 5.43. The molecule has 1 saturated heterocycles. The van der Waals surface area contributed by atoms with Crippen molar-refractivity contribution >= 4 is 5.97 Å². The lowest BCUT2D eigenvalue weighted by Gasteiger charge is -2.26. The average Bonchev–Trinajstić information content (AvgIpc) is 3.52. The summed E-state index contributed by atoms with van der Waals surface area (Å²) < 4.78 is 24.6. The van der Waals surface area contributed by atoms with Crippen LogP contribution in [0.3, 0.4) is 0 Å². The molecule has 3 atom stereocenters. The van der Waals surface area contributed by atoms with Gasteiger partial charge in [0.25, 0.3) is 0 Å². The molecule has 0 amide bonds. The van der Waals surface area contributed by atoms with Gasteiger partial charge in [0.15, 0.2) is 0 Å². The number of aliphatic hydroxyl groups excluding tert-OH is 1. The lowest BCUT2D eigenvalue weighted by Crippen LogP contribution is -2.41. The van der Waals surface area contributed by atoms with Crippen molar-refractivity contribution in [2.75, 3.05) is 26.8 Å². The summed E-state index contributed by atoms with van der Waals surface area (Å²) >= 11 is 0. The summed E-state index contributed by atoms with van der Waals surface area (Å²) in [5.74, 6) is 0.784. The Kier molecular flexibility index (Phi) is 6.88. The number of likely N-dealkylation sites (tertiary alicyclic amines) is 1. The number of carbonyl (C=O) groups is 1. The monoisotopic (exact) mass is 427 g/mol. The third-order valence-electron chi connectivity index (χ3n) is 6.49. The first kappa shape index (κ1) is 21.8. The fraction of sp³-hybridized carbons (Fsp3) is 0.480. The highest BCUT2D eigenvalue weighted by molar-refractivity contribution is 5.76. The summed E-state index contributed by atoms with van der Waals surface area (Å²) in [6.45, 7) is 1.44. The molecule has 6 heteroatoms. The number of rotatable bonds is 9. The molecular formula is C25H30FNO4. The number of ether oxygens (including phenoxy) is 2. The first-order chi connectivity index (χ1) is 15.1. The molecule has 1 aliphatic heterocycles. The lowest BCUT2D eigenvalue weighted by molar-refractivity contribution is -0.151. The summed E-state index contributed by atoms with van der Waals surface area (Å²) in [6, 6.07) is 13.7. The van der Waals surface area contributed by atoms with Gasteiger partial charge >= 0.3 is 5.97 Å². The van der Waals surface area contributed by atoms with Crippen molar-refractivity contribution in [1.82, 2.24) is 4.90 Å². The van der Waals surface area contributed by atoms with Crippen LogP contribution in [0.1, 0.15) is 36.3 Å². The zero-order chi connectivity index (χ0) is 21.8. The highest BCUT2D eigenvalue weighted by Crippen LogP contribution is 2.39. The standard InChI is InChI=1S/C25H30FNO4/c1-30-22-9-7-18(8-10-22)16-31-25(29)24(11-17-5-6-17)27-13-20(15-28)23(14-27)19-3-2-4-21(26)12-19/h2-4,7-10,12,17,20,23-24,28H,5-6,11,13-16H2,1H3/t20-,23-,24-/m1/s1. The minimum atomic E-state index is -0.335. The first-order valence-corrected chi connectivity index (χ1v) is 11.0. The zero-order valence-corrected chi connectivity index (χ0v) is 17.9. The van der Waals surface area contributed by atoms with Gasteiger partial charge in [-0.2, -0.15) is 0 Å². The number of benzene rings is 2. The normalized spacial score (nSPS) is 22.3. The molecule has 0 spiro atoms. The highest BCUT2D eigenvalue weighted by Gasteiger charge is 2.41. The van der Waals surface area contributed by atoms with Crippen LogP contribution in [0.4, 0.5) is 4.39 Å². The molecular weight excluding hydrogens is 397 g/mol.